The van der Waals surface area contributed by atoms with E-state index in [4.69, 9.17) is 10.5 Å². The minimum absolute atomic E-state index is 0.269. The van der Waals surface area contributed by atoms with Gasteiger partial charge in [-0.15, -0.1) is 0 Å². The Bertz CT molecular complexity index is 391. The number of hydrogen-bond donors (Lipinski definition) is 1. The Morgan fingerprint density at radius 3 is 2.84 bits per heavy atom. The van der Waals surface area contributed by atoms with E-state index in [2.05, 4.69) is 19.1 Å². The first-order valence-electron chi connectivity index (χ1n) is 7.62. The van der Waals surface area contributed by atoms with Gasteiger partial charge in [0.25, 0.3) is 0 Å². The van der Waals surface area contributed by atoms with E-state index in [9.17, 15) is 0 Å². The van der Waals surface area contributed by atoms with E-state index in [1.54, 1.807) is 7.11 Å². The molecule has 2 N–H and O–H groups in total. The predicted molar refractivity (Wildman–Crippen MR) is 80.4 cm³/mol. The van der Waals surface area contributed by atoms with Crippen molar-refractivity contribution in [2.45, 2.75) is 51.5 Å². The lowest BCUT2D eigenvalue weighted by molar-refractivity contribution is 0.228. The number of benzene rings is 1. The predicted octanol–water partition coefficient (Wildman–Crippen LogP) is 3.78. The summed E-state index contributed by atoms with van der Waals surface area (Å²) in [4.78, 5) is 0. The van der Waals surface area contributed by atoms with Crippen molar-refractivity contribution < 1.29 is 4.74 Å². The first-order valence-corrected chi connectivity index (χ1v) is 7.62. The molecule has 1 aromatic rings. The highest BCUT2D eigenvalue weighted by Gasteiger charge is 2.26. The first kappa shape index (κ1) is 14.4. The molecule has 1 aromatic carbocycles. The van der Waals surface area contributed by atoms with Crippen molar-refractivity contribution in [1.29, 1.82) is 0 Å². The number of nitrogens with two attached hydrogens (primary N) is 1. The summed E-state index contributed by atoms with van der Waals surface area (Å²) in [5, 5.41) is 0. The summed E-state index contributed by atoms with van der Waals surface area (Å²) in [6, 6.07) is 8.52. The lowest BCUT2D eigenvalue weighted by atomic mass is 9.76. The van der Waals surface area contributed by atoms with E-state index >= 15 is 0 Å². The monoisotopic (exact) mass is 261 g/mol. The zero-order valence-electron chi connectivity index (χ0n) is 12.3. The van der Waals surface area contributed by atoms with Crippen molar-refractivity contribution in [2.24, 2.45) is 17.6 Å². The quantitative estimate of drug-likeness (QED) is 0.875. The van der Waals surface area contributed by atoms with Gasteiger partial charge >= 0.3 is 0 Å². The molecule has 3 unspecified atom stereocenters. The van der Waals surface area contributed by atoms with Crippen LogP contribution >= 0.6 is 0 Å². The standard InChI is InChI=1S/C17H27NO/c1-3-13-7-6-9-14(11-13)16(18)12-15-8-4-5-10-17(15)19-2/h4-5,8,10,13-14,16H,3,6-7,9,11-12,18H2,1-2H3. The highest BCUT2D eigenvalue weighted by molar-refractivity contribution is 5.33. The Labute approximate surface area is 117 Å². The summed E-state index contributed by atoms with van der Waals surface area (Å²) >= 11 is 0. The lowest BCUT2D eigenvalue weighted by Crippen LogP contribution is -2.35. The second kappa shape index (κ2) is 6.95. The molecule has 1 fully saturated rings. The van der Waals surface area contributed by atoms with E-state index in [-0.39, 0.29) is 6.04 Å². The van der Waals surface area contributed by atoms with Gasteiger partial charge in [0.2, 0.25) is 0 Å². The zero-order chi connectivity index (χ0) is 13.7. The molecule has 1 aliphatic carbocycles. The van der Waals surface area contributed by atoms with Crippen LogP contribution in [0.15, 0.2) is 24.3 Å². The van der Waals surface area contributed by atoms with E-state index in [0.29, 0.717) is 5.92 Å². The lowest BCUT2D eigenvalue weighted by Gasteiger charge is -2.32. The normalized spacial score (nSPS) is 25.0. The summed E-state index contributed by atoms with van der Waals surface area (Å²) in [6.07, 6.45) is 7.60. The summed E-state index contributed by atoms with van der Waals surface area (Å²) < 4.78 is 5.42. The molecule has 2 nitrogen and oxygen atoms in total. The van der Waals surface area contributed by atoms with Gasteiger partial charge < -0.3 is 10.5 Å². The molecule has 0 amide bonds. The Morgan fingerprint density at radius 2 is 2.11 bits per heavy atom. The first-order chi connectivity index (χ1) is 9.24. The van der Waals surface area contributed by atoms with Gasteiger partial charge in [0, 0.05) is 6.04 Å². The molecular formula is C17H27NO. The highest BCUT2D eigenvalue weighted by atomic mass is 16.5. The van der Waals surface area contributed by atoms with Crippen LogP contribution in [0.3, 0.4) is 0 Å². The topological polar surface area (TPSA) is 35.2 Å². The Kier molecular flexibility index (Phi) is 5.26. The van der Waals surface area contributed by atoms with Crippen LogP contribution in [0, 0.1) is 11.8 Å². The summed E-state index contributed by atoms with van der Waals surface area (Å²) in [5.41, 5.74) is 7.71. The van der Waals surface area contributed by atoms with Crippen molar-refractivity contribution in [2.75, 3.05) is 7.11 Å². The van der Waals surface area contributed by atoms with Crippen molar-refractivity contribution in [3.63, 3.8) is 0 Å². The molecule has 2 heteroatoms. The van der Waals surface area contributed by atoms with Crippen LogP contribution in [-0.4, -0.2) is 13.2 Å². The second-order valence-corrected chi connectivity index (χ2v) is 5.88. The average Bonchev–Trinajstić information content (AvgIpc) is 2.47. The minimum atomic E-state index is 0.269. The van der Waals surface area contributed by atoms with E-state index in [1.807, 2.05) is 12.1 Å². The SMILES string of the molecule is CCC1CCCC(C(N)Cc2ccccc2OC)C1. The molecule has 0 saturated heterocycles. The van der Waals surface area contributed by atoms with Crippen LogP contribution in [-0.2, 0) is 6.42 Å². The Hall–Kier alpha value is -1.02. The second-order valence-electron chi connectivity index (χ2n) is 5.88. The van der Waals surface area contributed by atoms with Gasteiger partial charge in [0.15, 0.2) is 0 Å². The van der Waals surface area contributed by atoms with Crippen LogP contribution in [0.2, 0.25) is 0 Å². The maximum atomic E-state index is 6.47. The van der Waals surface area contributed by atoms with Crippen LogP contribution in [0.4, 0.5) is 0 Å². The molecule has 0 radical (unpaired) electrons. The number of hydrogen-bond acceptors (Lipinski definition) is 2. The maximum Gasteiger partial charge on any atom is 0.122 e. The van der Waals surface area contributed by atoms with Crippen molar-refractivity contribution in [3.05, 3.63) is 29.8 Å². The highest BCUT2D eigenvalue weighted by Crippen LogP contribution is 2.33. The molecule has 106 valence electrons. The Morgan fingerprint density at radius 1 is 1.32 bits per heavy atom. The van der Waals surface area contributed by atoms with Gasteiger partial charge in [-0.1, -0.05) is 44.4 Å². The van der Waals surface area contributed by atoms with Crippen LogP contribution in [0.25, 0.3) is 0 Å². The van der Waals surface area contributed by atoms with Crippen LogP contribution in [0.1, 0.15) is 44.6 Å². The fraction of sp³-hybridized carbons (Fsp3) is 0.647. The third-order valence-corrected chi connectivity index (χ3v) is 4.65. The molecule has 0 aliphatic heterocycles. The van der Waals surface area contributed by atoms with Crippen LogP contribution in [0.5, 0.6) is 5.75 Å². The summed E-state index contributed by atoms with van der Waals surface area (Å²) in [7, 11) is 1.73. The molecule has 2 rings (SSSR count). The fourth-order valence-electron chi connectivity index (χ4n) is 3.38. The molecule has 1 saturated carbocycles. The van der Waals surface area contributed by atoms with Gasteiger partial charge in [0.1, 0.15) is 5.75 Å². The van der Waals surface area contributed by atoms with E-state index < -0.39 is 0 Å². The van der Waals surface area contributed by atoms with Crippen molar-refractivity contribution in [1.82, 2.24) is 0 Å². The molecule has 3 atom stereocenters. The molecule has 1 aliphatic rings. The van der Waals surface area contributed by atoms with Gasteiger partial charge in [-0.2, -0.15) is 0 Å². The molecule has 0 heterocycles. The molecular weight excluding hydrogens is 234 g/mol. The van der Waals surface area contributed by atoms with Gasteiger partial charge in [-0.05, 0) is 42.7 Å². The Balaban J connectivity index is 1.98. The largest absolute Gasteiger partial charge is 0.496 e. The van der Waals surface area contributed by atoms with E-state index in [0.717, 1.165) is 18.1 Å². The molecule has 0 bridgehead atoms. The third kappa shape index (κ3) is 3.73. The number of para-hydroxylation sites is 1. The van der Waals surface area contributed by atoms with Gasteiger partial charge in [0.05, 0.1) is 7.11 Å². The molecule has 0 aromatic heterocycles. The average molecular weight is 261 g/mol. The minimum Gasteiger partial charge on any atom is -0.496 e. The number of methoxy groups -OCH3 is 1. The number of rotatable bonds is 5. The molecule has 0 spiro atoms. The van der Waals surface area contributed by atoms with Crippen LogP contribution < -0.4 is 10.5 Å². The zero-order valence-corrected chi connectivity index (χ0v) is 12.3. The number of ether oxygens (including phenoxy) is 1. The summed E-state index contributed by atoms with van der Waals surface area (Å²) in [6.45, 7) is 2.30. The van der Waals surface area contributed by atoms with Crippen molar-refractivity contribution >= 4 is 0 Å². The smallest absolute Gasteiger partial charge is 0.122 e. The van der Waals surface area contributed by atoms with Gasteiger partial charge in [-0.25, -0.2) is 0 Å². The fourth-order valence-corrected chi connectivity index (χ4v) is 3.38. The van der Waals surface area contributed by atoms with E-state index in [1.165, 1.54) is 37.7 Å². The third-order valence-electron chi connectivity index (χ3n) is 4.65. The molecule has 19 heavy (non-hydrogen) atoms. The van der Waals surface area contributed by atoms with Crippen molar-refractivity contribution in [3.8, 4) is 5.75 Å². The maximum absolute atomic E-state index is 6.47. The summed E-state index contributed by atoms with van der Waals surface area (Å²) in [5.74, 6) is 2.55. The van der Waals surface area contributed by atoms with Gasteiger partial charge in [-0.3, -0.25) is 0 Å².